The zero-order chi connectivity index (χ0) is 12.5. The minimum atomic E-state index is -0.158. The van der Waals surface area contributed by atoms with E-state index in [0.29, 0.717) is 5.82 Å². The average Bonchev–Trinajstić information content (AvgIpc) is 3.05. The van der Waals surface area contributed by atoms with E-state index >= 15 is 0 Å². The van der Waals surface area contributed by atoms with Crippen molar-refractivity contribution in [3.63, 3.8) is 0 Å². The molecule has 0 atom stereocenters. The third-order valence-electron chi connectivity index (χ3n) is 2.35. The lowest BCUT2D eigenvalue weighted by Gasteiger charge is -2.00. The van der Waals surface area contributed by atoms with E-state index < -0.39 is 0 Å². The molecule has 3 N–H and O–H groups in total. The van der Waals surface area contributed by atoms with Gasteiger partial charge in [-0.2, -0.15) is 9.78 Å². The lowest BCUT2D eigenvalue weighted by Crippen LogP contribution is -2.15. The standard InChI is InChI=1S/C9H8N8O/c10-7(15-18)8-12-5-17(14-8)9-6-1-2-13-16(6)4-3-11-9/h1-5,18H,(H2,10,15). The van der Waals surface area contributed by atoms with Gasteiger partial charge in [0.05, 0.1) is 6.20 Å². The molecule has 0 radical (unpaired) electrons. The molecule has 0 amide bonds. The SMILES string of the molecule is N/C(=N/O)c1ncn(-c2nccn3nccc23)n1. The van der Waals surface area contributed by atoms with Crippen LogP contribution in [0.3, 0.4) is 0 Å². The van der Waals surface area contributed by atoms with Crippen molar-refractivity contribution in [1.82, 2.24) is 29.4 Å². The van der Waals surface area contributed by atoms with E-state index in [9.17, 15) is 0 Å². The fourth-order valence-electron chi connectivity index (χ4n) is 1.55. The van der Waals surface area contributed by atoms with Crippen LogP contribution in [0.4, 0.5) is 0 Å². The summed E-state index contributed by atoms with van der Waals surface area (Å²) in [6.45, 7) is 0. The molecule has 9 heteroatoms. The van der Waals surface area contributed by atoms with Crippen LogP contribution < -0.4 is 5.73 Å². The highest BCUT2D eigenvalue weighted by molar-refractivity contribution is 5.93. The van der Waals surface area contributed by atoms with Crippen molar-refractivity contribution in [2.75, 3.05) is 0 Å². The van der Waals surface area contributed by atoms with Crippen molar-refractivity contribution >= 4 is 11.4 Å². The predicted octanol–water partition coefficient (Wildman–Crippen LogP) is -0.596. The molecular weight excluding hydrogens is 236 g/mol. The molecule has 18 heavy (non-hydrogen) atoms. The second-order valence-corrected chi connectivity index (χ2v) is 3.41. The molecule has 0 spiro atoms. The van der Waals surface area contributed by atoms with Crippen molar-refractivity contribution in [3.8, 4) is 5.82 Å². The van der Waals surface area contributed by atoms with Crippen LogP contribution in [-0.2, 0) is 0 Å². The van der Waals surface area contributed by atoms with Crippen molar-refractivity contribution in [2.45, 2.75) is 0 Å². The summed E-state index contributed by atoms with van der Waals surface area (Å²) < 4.78 is 3.09. The van der Waals surface area contributed by atoms with Gasteiger partial charge in [0.2, 0.25) is 11.7 Å². The van der Waals surface area contributed by atoms with E-state index in [1.807, 2.05) is 0 Å². The van der Waals surface area contributed by atoms with Crippen LogP contribution >= 0.6 is 0 Å². The number of nitrogens with two attached hydrogens (primary N) is 1. The fourth-order valence-corrected chi connectivity index (χ4v) is 1.55. The topological polar surface area (TPSA) is 120 Å². The summed E-state index contributed by atoms with van der Waals surface area (Å²) in [4.78, 5) is 8.13. The van der Waals surface area contributed by atoms with Gasteiger partial charge in [-0.25, -0.2) is 14.5 Å². The molecule has 3 aromatic rings. The molecule has 90 valence electrons. The van der Waals surface area contributed by atoms with Crippen molar-refractivity contribution < 1.29 is 5.21 Å². The van der Waals surface area contributed by atoms with Crippen LogP contribution in [-0.4, -0.2) is 40.4 Å². The van der Waals surface area contributed by atoms with E-state index in [-0.39, 0.29) is 11.7 Å². The van der Waals surface area contributed by atoms with Gasteiger partial charge >= 0.3 is 0 Å². The first kappa shape index (κ1) is 10.2. The normalized spacial score (nSPS) is 12.1. The molecule has 0 saturated carbocycles. The number of hydrogen-bond acceptors (Lipinski definition) is 6. The largest absolute Gasteiger partial charge is 0.409 e. The van der Waals surface area contributed by atoms with Gasteiger partial charge in [-0.1, -0.05) is 5.16 Å². The van der Waals surface area contributed by atoms with Gasteiger partial charge in [-0.15, -0.1) is 5.10 Å². The Morgan fingerprint density at radius 3 is 3.06 bits per heavy atom. The Kier molecular flexibility index (Phi) is 2.15. The summed E-state index contributed by atoms with van der Waals surface area (Å²) in [6, 6.07) is 1.80. The third kappa shape index (κ3) is 1.45. The number of aromatic nitrogens is 6. The van der Waals surface area contributed by atoms with Crippen LogP contribution in [0.25, 0.3) is 11.3 Å². The summed E-state index contributed by atoms with van der Waals surface area (Å²) in [5.41, 5.74) is 6.17. The molecule has 3 rings (SSSR count). The lowest BCUT2D eigenvalue weighted by atomic mass is 10.5. The molecule has 0 aliphatic rings. The molecule has 0 saturated heterocycles. The molecule has 0 aromatic carbocycles. The van der Waals surface area contributed by atoms with Crippen molar-refractivity contribution in [3.05, 3.63) is 36.8 Å². The number of oxime groups is 1. The highest BCUT2D eigenvalue weighted by Gasteiger charge is 2.10. The second-order valence-electron chi connectivity index (χ2n) is 3.41. The molecule has 0 aliphatic heterocycles. The summed E-state index contributed by atoms with van der Waals surface area (Å²) in [7, 11) is 0. The summed E-state index contributed by atoms with van der Waals surface area (Å²) in [5.74, 6) is 0.523. The Morgan fingerprint density at radius 2 is 2.22 bits per heavy atom. The monoisotopic (exact) mass is 244 g/mol. The van der Waals surface area contributed by atoms with E-state index in [2.05, 4.69) is 25.3 Å². The van der Waals surface area contributed by atoms with E-state index in [4.69, 9.17) is 10.9 Å². The van der Waals surface area contributed by atoms with Gasteiger partial charge in [-0.3, -0.25) is 0 Å². The number of amidine groups is 1. The van der Waals surface area contributed by atoms with Crippen LogP contribution in [0.5, 0.6) is 0 Å². The third-order valence-corrected chi connectivity index (χ3v) is 2.35. The maximum Gasteiger partial charge on any atom is 0.220 e. The Morgan fingerprint density at radius 1 is 1.33 bits per heavy atom. The van der Waals surface area contributed by atoms with Crippen LogP contribution in [0.2, 0.25) is 0 Å². The van der Waals surface area contributed by atoms with Gasteiger partial charge < -0.3 is 10.9 Å². The molecular formula is C9H8N8O. The number of fused-ring (bicyclic) bond motifs is 1. The van der Waals surface area contributed by atoms with E-state index in [0.717, 1.165) is 5.52 Å². The molecule has 3 aromatic heterocycles. The zero-order valence-corrected chi connectivity index (χ0v) is 9.04. The summed E-state index contributed by atoms with van der Waals surface area (Å²) in [6.07, 6.45) is 6.41. The number of hydrogen-bond donors (Lipinski definition) is 2. The van der Waals surface area contributed by atoms with E-state index in [1.54, 1.807) is 29.2 Å². The first-order valence-electron chi connectivity index (χ1n) is 4.98. The highest BCUT2D eigenvalue weighted by atomic mass is 16.4. The van der Waals surface area contributed by atoms with Gasteiger partial charge in [0.1, 0.15) is 11.8 Å². The van der Waals surface area contributed by atoms with Crippen molar-refractivity contribution in [2.24, 2.45) is 10.9 Å². The van der Waals surface area contributed by atoms with Crippen LogP contribution in [0.15, 0.2) is 36.1 Å². The summed E-state index contributed by atoms with van der Waals surface area (Å²) in [5, 5.41) is 19.5. The Labute approximate surface area is 100 Å². The van der Waals surface area contributed by atoms with Gasteiger partial charge in [0.25, 0.3) is 0 Å². The molecule has 0 aliphatic carbocycles. The molecule has 0 bridgehead atoms. The number of nitrogens with zero attached hydrogens (tertiary/aromatic N) is 7. The molecule has 0 fully saturated rings. The maximum absolute atomic E-state index is 8.55. The minimum absolute atomic E-state index is 0.126. The minimum Gasteiger partial charge on any atom is -0.409 e. The summed E-state index contributed by atoms with van der Waals surface area (Å²) >= 11 is 0. The molecule has 3 heterocycles. The van der Waals surface area contributed by atoms with Gasteiger partial charge in [-0.05, 0) is 6.07 Å². The first-order valence-corrected chi connectivity index (χ1v) is 4.98. The first-order chi connectivity index (χ1) is 8.79. The molecule has 0 unspecified atom stereocenters. The van der Waals surface area contributed by atoms with E-state index in [1.165, 1.54) is 11.0 Å². The van der Waals surface area contributed by atoms with Gasteiger partial charge in [0, 0.05) is 12.4 Å². The van der Waals surface area contributed by atoms with Crippen molar-refractivity contribution in [1.29, 1.82) is 0 Å². The fraction of sp³-hybridized carbons (Fsp3) is 0. The van der Waals surface area contributed by atoms with Crippen LogP contribution in [0, 0.1) is 0 Å². The Hall–Kier alpha value is -2.97. The van der Waals surface area contributed by atoms with Crippen LogP contribution in [0.1, 0.15) is 5.82 Å². The Balaban J connectivity index is 2.15. The van der Waals surface area contributed by atoms with Gasteiger partial charge in [0.15, 0.2) is 5.82 Å². The zero-order valence-electron chi connectivity index (χ0n) is 9.04. The highest BCUT2D eigenvalue weighted by Crippen LogP contribution is 2.10. The smallest absolute Gasteiger partial charge is 0.220 e. The number of rotatable bonds is 2. The maximum atomic E-state index is 8.55. The predicted molar refractivity (Wildman–Crippen MR) is 60.4 cm³/mol. The Bertz CT molecular complexity index is 727. The molecule has 9 nitrogen and oxygen atoms in total. The average molecular weight is 244 g/mol. The quantitative estimate of drug-likeness (QED) is 0.269. The lowest BCUT2D eigenvalue weighted by molar-refractivity contribution is 0.318. The second kappa shape index (κ2) is 3.80.